The summed E-state index contributed by atoms with van der Waals surface area (Å²) in [6.45, 7) is 3.02. The van der Waals surface area contributed by atoms with Crippen molar-refractivity contribution in [2.75, 3.05) is 26.2 Å². The van der Waals surface area contributed by atoms with Crippen LogP contribution in [0.1, 0.15) is 17.9 Å². The number of benzene rings is 1. The van der Waals surface area contributed by atoms with Gasteiger partial charge in [-0.25, -0.2) is 4.68 Å². The van der Waals surface area contributed by atoms with Gasteiger partial charge in [0.05, 0.1) is 0 Å². The summed E-state index contributed by atoms with van der Waals surface area (Å²) in [4.78, 5) is 14.3. The summed E-state index contributed by atoms with van der Waals surface area (Å²) < 4.78 is 7.46. The van der Waals surface area contributed by atoms with Crippen LogP contribution in [0.2, 0.25) is 0 Å². The third-order valence-corrected chi connectivity index (χ3v) is 5.07. The minimum absolute atomic E-state index is 0.0343. The van der Waals surface area contributed by atoms with Crippen molar-refractivity contribution >= 4 is 5.97 Å². The Balaban J connectivity index is 1.50. The fourth-order valence-electron chi connectivity index (χ4n) is 3.84. The van der Waals surface area contributed by atoms with E-state index in [1.807, 2.05) is 24.3 Å². The van der Waals surface area contributed by atoms with Gasteiger partial charge in [0.1, 0.15) is 24.1 Å². The molecule has 1 fully saturated rings. The minimum atomic E-state index is -0.858. The maximum Gasteiger partial charge on any atom is 0.315 e. The number of tetrazole rings is 1. The van der Waals surface area contributed by atoms with Crippen LogP contribution in [0, 0.1) is 5.41 Å². The fourth-order valence-corrected chi connectivity index (χ4v) is 3.84. The Morgan fingerprint density at radius 2 is 2.25 bits per heavy atom. The highest BCUT2D eigenvalue weighted by molar-refractivity contribution is 5.78. The molecule has 2 aliphatic rings. The molecule has 8 nitrogen and oxygen atoms in total. The first kappa shape index (κ1) is 15.1. The number of fused-ring (bicyclic) bond motifs is 3. The standard InChI is InChI=1S/C16H19N5O3/c22-15(23)16-9-20(6-3-7-21-11-17-18-19-21)8-13(16)12-4-1-2-5-14(12)24-10-16/h1-2,4-5,11,13H,3,6-10H2,(H,22,23)/t13-,16-/m1/s1. The second kappa shape index (κ2) is 5.86. The van der Waals surface area contributed by atoms with Gasteiger partial charge in [0, 0.05) is 25.6 Å². The van der Waals surface area contributed by atoms with Crippen LogP contribution >= 0.6 is 0 Å². The van der Waals surface area contributed by atoms with E-state index < -0.39 is 11.4 Å². The number of ether oxygens (including phenoxy) is 1. The molecule has 1 aromatic carbocycles. The maximum absolute atomic E-state index is 12.0. The van der Waals surface area contributed by atoms with E-state index >= 15 is 0 Å². The zero-order valence-electron chi connectivity index (χ0n) is 13.2. The number of rotatable bonds is 5. The maximum atomic E-state index is 12.0. The molecule has 24 heavy (non-hydrogen) atoms. The predicted molar refractivity (Wildman–Crippen MR) is 83.6 cm³/mol. The number of hydrogen-bond donors (Lipinski definition) is 1. The first-order valence-electron chi connectivity index (χ1n) is 8.07. The van der Waals surface area contributed by atoms with Crippen molar-refractivity contribution in [2.24, 2.45) is 5.41 Å². The van der Waals surface area contributed by atoms with Crippen molar-refractivity contribution < 1.29 is 14.6 Å². The van der Waals surface area contributed by atoms with Gasteiger partial charge < -0.3 is 14.7 Å². The van der Waals surface area contributed by atoms with Crippen LogP contribution in [0.25, 0.3) is 0 Å². The highest BCUT2D eigenvalue weighted by Gasteiger charge is 2.56. The number of carbonyl (C=O) groups is 1. The molecular weight excluding hydrogens is 310 g/mol. The molecule has 2 aromatic rings. The Morgan fingerprint density at radius 3 is 3.04 bits per heavy atom. The number of para-hydroxylation sites is 1. The average molecular weight is 329 g/mol. The summed E-state index contributed by atoms with van der Waals surface area (Å²) in [5.41, 5.74) is 0.150. The van der Waals surface area contributed by atoms with Crippen LogP contribution in [0.15, 0.2) is 30.6 Å². The molecule has 1 aromatic heterocycles. The second-order valence-electron chi connectivity index (χ2n) is 6.50. The summed E-state index contributed by atoms with van der Waals surface area (Å²) in [5.74, 6) is 0.00730. The van der Waals surface area contributed by atoms with Gasteiger partial charge in [-0.15, -0.1) is 5.10 Å². The van der Waals surface area contributed by atoms with E-state index in [4.69, 9.17) is 4.74 Å². The van der Waals surface area contributed by atoms with E-state index in [2.05, 4.69) is 20.4 Å². The Morgan fingerprint density at radius 1 is 1.38 bits per heavy atom. The molecular formula is C16H19N5O3. The first-order chi connectivity index (χ1) is 11.7. The van der Waals surface area contributed by atoms with E-state index in [0.29, 0.717) is 6.54 Å². The summed E-state index contributed by atoms with van der Waals surface area (Å²) in [6, 6.07) is 7.77. The Hall–Kier alpha value is -2.48. The van der Waals surface area contributed by atoms with Crippen molar-refractivity contribution in [3.63, 3.8) is 0 Å². The number of likely N-dealkylation sites (tertiary alicyclic amines) is 1. The number of nitrogens with zero attached hydrogens (tertiary/aromatic N) is 5. The number of carboxylic acid groups (broad SMARTS) is 1. The van der Waals surface area contributed by atoms with E-state index in [0.717, 1.165) is 37.4 Å². The summed E-state index contributed by atoms with van der Waals surface area (Å²) in [7, 11) is 0. The van der Waals surface area contributed by atoms with Gasteiger partial charge >= 0.3 is 5.97 Å². The van der Waals surface area contributed by atoms with Gasteiger partial charge in [-0.3, -0.25) is 4.79 Å². The topological polar surface area (TPSA) is 93.4 Å². The SMILES string of the molecule is O=C(O)[C@]12COc3ccccc3[C@H]1CN(CCCn1cnnn1)C2. The predicted octanol–water partition coefficient (Wildman–Crippen LogP) is 0.626. The second-order valence-corrected chi connectivity index (χ2v) is 6.50. The third-order valence-electron chi connectivity index (χ3n) is 5.07. The van der Waals surface area contributed by atoms with E-state index in [1.165, 1.54) is 0 Å². The molecule has 0 bridgehead atoms. The van der Waals surface area contributed by atoms with E-state index in [9.17, 15) is 9.90 Å². The zero-order valence-corrected chi connectivity index (χ0v) is 13.2. The number of aromatic nitrogens is 4. The largest absolute Gasteiger partial charge is 0.492 e. The minimum Gasteiger partial charge on any atom is -0.492 e. The third kappa shape index (κ3) is 2.43. The van der Waals surface area contributed by atoms with Crippen LogP contribution in [0.4, 0.5) is 0 Å². The molecule has 1 saturated heterocycles. The van der Waals surface area contributed by atoms with Crippen LogP contribution in [0.3, 0.4) is 0 Å². The van der Waals surface area contributed by atoms with Gasteiger partial charge in [0.15, 0.2) is 0 Å². The highest BCUT2D eigenvalue weighted by Crippen LogP contribution is 2.49. The lowest BCUT2D eigenvalue weighted by Gasteiger charge is -2.35. The highest BCUT2D eigenvalue weighted by atomic mass is 16.5. The lowest BCUT2D eigenvalue weighted by Crippen LogP contribution is -2.45. The van der Waals surface area contributed by atoms with E-state index in [-0.39, 0.29) is 12.5 Å². The Bertz CT molecular complexity index is 735. The molecule has 0 saturated carbocycles. The first-order valence-corrected chi connectivity index (χ1v) is 8.07. The van der Waals surface area contributed by atoms with Gasteiger partial charge in [0.25, 0.3) is 0 Å². The average Bonchev–Trinajstić information content (AvgIpc) is 3.22. The lowest BCUT2D eigenvalue weighted by molar-refractivity contribution is -0.151. The quantitative estimate of drug-likeness (QED) is 0.859. The zero-order chi connectivity index (χ0) is 16.6. The van der Waals surface area contributed by atoms with Crippen molar-refractivity contribution in [1.29, 1.82) is 0 Å². The van der Waals surface area contributed by atoms with Crippen LogP contribution in [-0.4, -0.2) is 62.4 Å². The number of carboxylic acids is 1. The summed E-state index contributed by atoms with van der Waals surface area (Å²) in [5, 5.41) is 21.0. The molecule has 0 unspecified atom stereocenters. The Labute approximate surface area is 139 Å². The van der Waals surface area contributed by atoms with Gasteiger partial charge in [-0.1, -0.05) is 18.2 Å². The van der Waals surface area contributed by atoms with Gasteiger partial charge in [-0.2, -0.15) is 0 Å². The lowest BCUT2D eigenvalue weighted by atomic mass is 9.73. The molecule has 0 radical (unpaired) electrons. The molecule has 8 heteroatoms. The molecule has 2 aliphatic heterocycles. The number of hydrogen-bond acceptors (Lipinski definition) is 6. The molecule has 0 spiro atoms. The number of aliphatic carboxylic acids is 1. The summed E-state index contributed by atoms with van der Waals surface area (Å²) in [6.07, 6.45) is 2.46. The van der Waals surface area contributed by atoms with Crippen molar-refractivity contribution in [3.8, 4) is 5.75 Å². The van der Waals surface area contributed by atoms with E-state index in [1.54, 1.807) is 11.0 Å². The fraction of sp³-hybridized carbons (Fsp3) is 0.500. The van der Waals surface area contributed by atoms with Crippen LogP contribution in [0.5, 0.6) is 5.75 Å². The molecule has 3 heterocycles. The van der Waals surface area contributed by atoms with Crippen molar-refractivity contribution in [3.05, 3.63) is 36.2 Å². The molecule has 1 N–H and O–H groups in total. The molecule has 126 valence electrons. The number of aryl methyl sites for hydroxylation is 1. The van der Waals surface area contributed by atoms with Crippen molar-refractivity contribution in [1.82, 2.24) is 25.1 Å². The summed E-state index contributed by atoms with van der Waals surface area (Å²) >= 11 is 0. The molecule has 0 amide bonds. The van der Waals surface area contributed by atoms with Crippen molar-refractivity contribution in [2.45, 2.75) is 18.9 Å². The Kier molecular flexibility index (Phi) is 3.68. The molecule has 4 rings (SSSR count). The molecule has 2 atom stereocenters. The molecule has 0 aliphatic carbocycles. The normalized spacial score (nSPS) is 25.8. The van der Waals surface area contributed by atoms with Crippen LogP contribution < -0.4 is 4.74 Å². The van der Waals surface area contributed by atoms with Gasteiger partial charge in [-0.05, 0) is 35.0 Å². The van der Waals surface area contributed by atoms with Gasteiger partial charge in [0.2, 0.25) is 0 Å². The monoisotopic (exact) mass is 329 g/mol. The smallest absolute Gasteiger partial charge is 0.315 e. The van der Waals surface area contributed by atoms with Crippen LogP contribution in [-0.2, 0) is 11.3 Å².